The standard InChI is InChI=1S/C19H23N3O2/c1-15-12-20-8-7-18(15)21-19(23)11-17-14-22(9-10-24-17)13-16-5-3-2-4-6-16/h2-8,12,17H,9-11,13-14H2,1H3,(H,20,21,23). The molecule has 2 heterocycles. The van der Waals surface area contributed by atoms with Crippen LogP contribution in [0.2, 0.25) is 0 Å². The van der Waals surface area contributed by atoms with E-state index >= 15 is 0 Å². The van der Waals surface area contributed by atoms with E-state index < -0.39 is 0 Å². The predicted molar refractivity (Wildman–Crippen MR) is 93.7 cm³/mol. The van der Waals surface area contributed by atoms with Crippen molar-refractivity contribution in [2.24, 2.45) is 0 Å². The number of hydrogen-bond acceptors (Lipinski definition) is 4. The minimum atomic E-state index is -0.0652. The van der Waals surface area contributed by atoms with Gasteiger partial charge >= 0.3 is 0 Å². The Morgan fingerprint density at radius 3 is 2.96 bits per heavy atom. The van der Waals surface area contributed by atoms with Crippen LogP contribution in [0.25, 0.3) is 0 Å². The van der Waals surface area contributed by atoms with Crippen molar-refractivity contribution in [3.05, 3.63) is 59.9 Å². The fourth-order valence-electron chi connectivity index (χ4n) is 2.91. The third-order valence-corrected chi connectivity index (χ3v) is 4.18. The first-order valence-electron chi connectivity index (χ1n) is 8.29. The number of rotatable bonds is 5. The van der Waals surface area contributed by atoms with Crippen LogP contribution in [0.5, 0.6) is 0 Å². The first-order chi connectivity index (χ1) is 11.7. The molecule has 0 bridgehead atoms. The number of nitrogens with zero attached hydrogens (tertiary/aromatic N) is 2. The number of aryl methyl sites for hydroxylation is 1. The monoisotopic (exact) mass is 325 g/mol. The maximum Gasteiger partial charge on any atom is 0.227 e. The summed E-state index contributed by atoms with van der Waals surface area (Å²) < 4.78 is 5.77. The van der Waals surface area contributed by atoms with Crippen molar-refractivity contribution in [2.45, 2.75) is 26.0 Å². The molecule has 1 atom stereocenters. The number of carbonyl (C=O) groups excluding carboxylic acids is 1. The third kappa shape index (κ3) is 4.63. The summed E-state index contributed by atoms with van der Waals surface area (Å²) in [7, 11) is 0. The Kier molecular flexibility index (Phi) is 5.56. The van der Waals surface area contributed by atoms with Gasteiger partial charge in [-0.3, -0.25) is 14.7 Å². The average molecular weight is 325 g/mol. The van der Waals surface area contributed by atoms with Crippen molar-refractivity contribution < 1.29 is 9.53 Å². The van der Waals surface area contributed by atoms with Crippen LogP contribution in [0.1, 0.15) is 17.5 Å². The van der Waals surface area contributed by atoms with Gasteiger partial charge in [0.05, 0.1) is 19.1 Å². The van der Waals surface area contributed by atoms with Crippen LogP contribution in [0.3, 0.4) is 0 Å². The number of nitrogens with one attached hydrogen (secondary N) is 1. The highest BCUT2D eigenvalue weighted by atomic mass is 16.5. The molecule has 5 nitrogen and oxygen atoms in total. The normalized spacial score (nSPS) is 18.3. The molecule has 1 amide bonds. The van der Waals surface area contributed by atoms with Crippen molar-refractivity contribution in [1.29, 1.82) is 0 Å². The summed E-state index contributed by atoms with van der Waals surface area (Å²) >= 11 is 0. The van der Waals surface area contributed by atoms with Crippen molar-refractivity contribution in [3.63, 3.8) is 0 Å². The molecule has 1 aliphatic heterocycles. The molecule has 24 heavy (non-hydrogen) atoms. The number of anilines is 1. The van der Waals surface area contributed by atoms with Crippen molar-refractivity contribution in [3.8, 4) is 0 Å². The van der Waals surface area contributed by atoms with E-state index in [-0.39, 0.29) is 12.0 Å². The molecule has 0 aliphatic carbocycles. The lowest BCUT2D eigenvalue weighted by Gasteiger charge is -2.32. The Labute approximate surface area is 142 Å². The molecule has 3 rings (SSSR count). The molecule has 1 fully saturated rings. The molecular weight excluding hydrogens is 302 g/mol. The molecule has 1 N–H and O–H groups in total. The molecule has 0 radical (unpaired) electrons. The maximum absolute atomic E-state index is 12.3. The Hall–Kier alpha value is -2.24. The lowest BCUT2D eigenvalue weighted by molar-refractivity contribution is -0.121. The summed E-state index contributed by atoms with van der Waals surface area (Å²) in [6, 6.07) is 12.2. The lowest BCUT2D eigenvalue weighted by Crippen LogP contribution is -2.43. The van der Waals surface area contributed by atoms with E-state index in [0.717, 1.165) is 30.9 Å². The van der Waals surface area contributed by atoms with Gasteiger partial charge < -0.3 is 10.1 Å². The average Bonchev–Trinajstić information content (AvgIpc) is 2.58. The van der Waals surface area contributed by atoms with E-state index in [1.54, 1.807) is 12.4 Å². The van der Waals surface area contributed by atoms with Gasteiger partial charge in [0, 0.05) is 37.7 Å². The maximum atomic E-state index is 12.3. The van der Waals surface area contributed by atoms with Gasteiger partial charge in [-0.05, 0) is 24.1 Å². The highest BCUT2D eigenvalue weighted by molar-refractivity contribution is 5.91. The Morgan fingerprint density at radius 1 is 1.33 bits per heavy atom. The quantitative estimate of drug-likeness (QED) is 0.918. The second-order valence-electron chi connectivity index (χ2n) is 6.16. The second kappa shape index (κ2) is 8.04. The molecule has 1 unspecified atom stereocenters. The van der Waals surface area contributed by atoms with Crippen LogP contribution in [0.15, 0.2) is 48.8 Å². The van der Waals surface area contributed by atoms with E-state index in [4.69, 9.17) is 4.74 Å². The molecule has 2 aromatic rings. The van der Waals surface area contributed by atoms with E-state index in [1.165, 1.54) is 5.56 Å². The van der Waals surface area contributed by atoms with Crippen LogP contribution in [-0.4, -0.2) is 41.6 Å². The van der Waals surface area contributed by atoms with Crippen molar-refractivity contribution >= 4 is 11.6 Å². The molecule has 5 heteroatoms. The molecule has 1 saturated heterocycles. The zero-order chi connectivity index (χ0) is 16.8. The number of hydrogen-bond donors (Lipinski definition) is 1. The van der Waals surface area contributed by atoms with Gasteiger partial charge in [-0.15, -0.1) is 0 Å². The number of pyridine rings is 1. The summed E-state index contributed by atoms with van der Waals surface area (Å²) in [4.78, 5) is 18.6. The number of aromatic nitrogens is 1. The highest BCUT2D eigenvalue weighted by Gasteiger charge is 2.23. The van der Waals surface area contributed by atoms with Gasteiger partial charge in [0.1, 0.15) is 0 Å². The van der Waals surface area contributed by atoms with Crippen molar-refractivity contribution in [1.82, 2.24) is 9.88 Å². The summed E-state index contributed by atoms with van der Waals surface area (Å²) in [5, 5.41) is 2.94. The molecular formula is C19H23N3O2. The smallest absolute Gasteiger partial charge is 0.227 e. The Balaban J connectivity index is 1.51. The molecule has 0 saturated carbocycles. The fourth-order valence-corrected chi connectivity index (χ4v) is 2.91. The number of amides is 1. The van der Waals surface area contributed by atoms with Gasteiger partial charge in [0.15, 0.2) is 0 Å². The van der Waals surface area contributed by atoms with E-state index in [9.17, 15) is 4.79 Å². The van der Waals surface area contributed by atoms with Gasteiger partial charge in [-0.2, -0.15) is 0 Å². The largest absolute Gasteiger partial charge is 0.375 e. The summed E-state index contributed by atoms with van der Waals surface area (Å²) in [6.07, 6.45) is 3.73. The number of morpholine rings is 1. The van der Waals surface area contributed by atoms with Gasteiger partial charge in [-0.1, -0.05) is 30.3 Å². The topological polar surface area (TPSA) is 54.5 Å². The summed E-state index contributed by atoms with van der Waals surface area (Å²) in [5.41, 5.74) is 3.06. The zero-order valence-electron chi connectivity index (χ0n) is 13.9. The van der Waals surface area contributed by atoms with Gasteiger partial charge in [-0.25, -0.2) is 0 Å². The third-order valence-electron chi connectivity index (χ3n) is 4.18. The lowest BCUT2D eigenvalue weighted by atomic mass is 10.1. The van der Waals surface area contributed by atoms with E-state index in [0.29, 0.717) is 13.0 Å². The van der Waals surface area contributed by atoms with Gasteiger partial charge in [0.2, 0.25) is 5.91 Å². The first-order valence-corrected chi connectivity index (χ1v) is 8.29. The summed E-state index contributed by atoms with van der Waals surface area (Å²) in [6.45, 7) is 5.17. The molecule has 1 aromatic carbocycles. The second-order valence-corrected chi connectivity index (χ2v) is 6.16. The van der Waals surface area contributed by atoms with Gasteiger partial charge in [0.25, 0.3) is 0 Å². The van der Waals surface area contributed by atoms with E-state index in [2.05, 4.69) is 39.5 Å². The minimum absolute atomic E-state index is 0.0177. The SMILES string of the molecule is Cc1cnccc1NC(=O)CC1CN(Cc2ccccc2)CCO1. The number of carbonyl (C=O) groups is 1. The number of ether oxygens (including phenoxy) is 1. The van der Waals surface area contributed by atoms with Crippen LogP contribution < -0.4 is 5.32 Å². The molecule has 1 aromatic heterocycles. The molecule has 126 valence electrons. The first kappa shape index (κ1) is 16.6. The number of benzene rings is 1. The molecule has 0 spiro atoms. The van der Waals surface area contributed by atoms with E-state index in [1.807, 2.05) is 19.1 Å². The predicted octanol–water partition coefficient (Wildman–Crippen LogP) is 2.62. The van der Waals surface area contributed by atoms with Crippen LogP contribution >= 0.6 is 0 Å². The minimum Gasteiger partial charge on any atom is -0.375 e. The van der Waals surface area contributed by atoms with Crippen LogP contribution in [0.4, 0.5) is 5.69 Å². The van der Waals surface area contributed by atoms with Crippen LogP contribution in [-0.2, 0) is 16.1 Å². The zero-order valence-corrected chi connectivity index (χ0v) is 13.9. The van der Waals surface area contributed by atoms with Crippen molar-refractivity contribution in [2.75, 3.05) is 25.0 Å². The Morgan fingerprint density at radius 2 is 2.17 bits per heavy atom. The Bertz CT molecular complexity index is 675. The highest BCUT2D eigenvalue weighted by Crippen LogP contribution is 2.15. The summed E-state index contributed by atoms with van der Waals surface area (Å²) in [5.74, 6) is -0.0177. The molecule has 1 aliphatic rings. The van der Waals surface area contributed by atoms with Crippen LogP contribution in [0, 0.1) is 6.92 Å². The fraction of sp³-hybridized carbons (Fsp3) is 0.368.